The lowest BCUT2D eigenvalue weighted by Gasteiger charge is -1.92. The summed E-state index contributed by atoms with van der Waals surface area (Å²) in [7, 11) is 0. The first kappa shape index (κ1) is 14.4. The third-order valence-corrected chi connectivity index (χ3v) is 5.33. The number of thiazole rings is 1. The number of rotatable bonds is 4. The minimum atomic E-state index is -0.931. The molecular formula is C13H10ClN3O2S2. The predicted molar refractivity (Wildman–Crippen MR) is 83.6 cm³/mol. The Labute approximate surface area is 133 Å². The van der Waals surface area contributed by atoms with Crippen LogP contribution in [0, 0.1) is 6.92 Å². The second kappa shape index (κ2) is 5.67. The minimum Gasteiger partial charge on any atom is -0.477 e. The molecule has 3 rings (SSSR count). The van der Waals surface area contributed by atoms with E-state index in [9.17, 15) is 4.79 Å². The topological polar surface area (TPSA) is 67.5 Å². The molecule has 0 spiro atoms. The Kier molecular flexibility index (Phi) is 3.88. The van der Waals surface area contributed by atoms with Gasteiger partial charge in [0.05, 0.1) is 16.4 Å². The number of aryl methyl sites for hydroxylation is 1. The van der Waals surface area contributed by atoms with Crippen LogP contribution in [0.15, 0.2) is 28.9 Å². The van der Waals surface area contributed by atoms with Gasteiger partial charge in [-0.2, -0.15) is 0 Å². The summed E-state index contributed by atoms with van der Waals surface area (Å²) >= 11 is 8.61. The van der Waals surface area contributed by atoms with Crippen LogP contribution in [0.2, 0.25) is 5.02 Å². The predicted octanol–water partition coefficient (Wildman–Crippen LogP) is 3.74. The van der Waals surface area contributed by atoms with E-state index in [2.05, 4.69) is 9.97 Å². The summed E-state index contributed by atoms with van der Waals surface area (Å²) in [5.41, 5.74) is 2.28. The lowest BCUT2D eigenvalue weighted by Crippen LogP contribution is -1.94. The third-order valence-electron chi connectivity index (χ3n) is 2.78. The largest absolute Gasteiger partial charge is 0.477 e. The molecule has 0 amide bonds. The molecule has 0 aliphatic carbocycles. The van der Waals surface area contributed by atoms with Crippen LogP contribution in [0.25, 0.3) is 5.65 Å². The van der Waals surface area contributed by atoms with E-state index in [0.29, 0.717) is 21.3 Å². The molecule has 21 heavy (non-hydrogen) atoms. The zero-order chi connectivity index (χ0) is 15.0. The van der Waals surface area contributed by atoms with E-state index >= 15 is 0 Å². The van der Waals surface area contributed by atoms with Crippen LogP contribution in [0.1, 0.15) is 21.1 Å². The molecular weight excluding hydrogens is 330 g/mol. The standard InChI is InChI=1S/C13H10ClN3O2S2/c1-7-11(12(18)19)21-13(15-7)20-6-9-5-17-4-8(14)2-3-10(17)16-9/h2-5H,6H2,1H3,(H,18,19). The molecule has 3 heterocycles. The van der Waals surface area contributed by atoms with Crippen LogP contribution in [0.4, 0.5) is 0 Å². The van der Waals surface area contributed by atoms with Gasteiger partial charge >= 0.3 is 5.97 Å². The fourth-order valence-electron chi connectivity index (χ4n) is 1.85. The van der Waals surface area contributed by atoms with E-state index in [1.54, 1.807) is 19.2 Å². The molecule has 3 aromatic rings. The number of imidazole rings is 1. The number of halogens is 1. The molecule has 0 unspecified atom stereocenters. The first-order chi connectivity index (χ1) is 10.0. The van der Waals surface area contributed by atoms with E-state index < -0.39 is 5.97 Å². The summed E-state index contributed by atoms with van der Waals surface area (Å²) in [5, 5.41) is 9.67. The van der Waals surface area contributed by atoms with Gasteiger partial charge in [0.15, 0.2) is 4.34 Å². The van der Waals surface area contributed by atoms with Crippen molar-refractivity contribution in [3.05, 3.63) is 45.8 Å². The molecule has 8 heteroatoms. The number of aromatic carboxylic acids is 1. The van der Waals surface area contributed by atoms with E-state index in [-0.39, 0.29) is 0 Å². The van der Waals surface area contributed by atoms with Crippen LogP contribution >= 0.6 is 34.7 Å². The summed E-state index contributed by atoms with van der Waals surface area (Å²) in [4.78, 5) is 20.0. The molecule has 3 aromatic heterocycles. The van der Waals surface area contributed by atoms with Crippen molar-refractivity contribution in [3.63, 3.8) is 0 Å². The van der Waals surface area contributed by atoms with Crippen LogP contribution in [0.3, 0.4) is 0 Å². The SMILES string of the molecule is Cc1nc(SCc2cn3cc(Cl)ccc3n2)sc1C(=O)O. The summed E-state index contributed by atoms with van der Waals surface area (Å²) in [6.07, 6.45) is 3.71. The van der Waals surface area contributed by atoms with Crippen molar-refractivity contribution in [3.8, 4) is 0 Å². The van der Waals surface area contributed by atoms with Crippen molar-refractivity contribution in [1.29, 1.82) is 0 Å². The number of carbonyl (C=O) groups is 1. The molecule has 0 fully saturated rings. The van der Waals surface area contributed by atoms with Crippen molar-refractivity contribution in [2.45, 2.75) is 17.0 Å². The van der Waals surface area contributed by atoms with E-state index in [0.717, 1.165) is 15.7 Å². The van der Waals surface area contributed by atoms with Gasteiger partial charge < -0.3 is 9.51 Å². The minimum absolute atomic E-state index is 0.291. The van der Waals surface area contributed by atoms with Gasteiger partial charge in [0.25, 0.3) is 0 Å². The van der Waals surface area contributed by atoms with E-state index in [1.807, 2.05) is 16.7 Å². The quantitative estimate of drug-likeness (QED) is 0.733. The Morgan fingerprint density at radius 1 is 1.43 bits per heavy atom. The maximum absolute atomic E-state index is 11.0. The fourth-order valence-corrected chi connectivity index (χ4v) is 3.93. The zero-order valence-corrected chi connectivity index (χ0v) is 13.3. The molecule has 0 bridgehead atoms. The van der Waals surface area contributed by atoms with Gasteiger partial charge in [-0.1, -0.05) is 23.4 Å². The molecule has 5 nitrogen and oxygen atoms in total. The average Bonchev–Trinajstić information content (AvgIpc) is 2.99. The normalized spacial score (nSPS) is 11.1. The van der Waals surface area contributed by atoms with Gasteiger partial charge in [0, 0.05) is 18.1 Å². The molecule has 0 aliphatic heterocycles. The molecule has 0 saturated carbocycles. The van der Waals surface area contributed by atoms with E-state index in [1.165, 1.54) is 23.1 Å². The van der Waals surface area contributed by atoms with Crippen molar-refractivity contribution >= 4 is 46.3 Å². The average molecular weight is 340 g/mol. The number of pyridine rings is 1. The first-order valence-corrected chi connectivity index (χ1v) is 8.17. The maximum Gasteiger partial charge on any atom is 0.347 e. The fraction of sp³-hybridized carbons (Fsp3) is 0.154. The van der Waals surface area contributed by atoms with Gasteiger partial charge in [-0.15, -0.1) is 11.3 Å². The second-order valence-electron chi connectivity index (χ2n) is 4.33. The number of aromatic nitrogens is 3. The number of nitrogens with zero attached hydrogens (tertiary/aromatic N) is 3. The molecule has 0 radical (unpaired) electrons. The summed E-state index contributed by atoms with van der Waals surface area (Å²) in [5.74, 6) is -0.301. The van der Waals surface area contributed by atoms with Crippen molar-refractivity contribution in [1.82, 2.24) is 14.4 Å². The summed E-state index contributed by atoms with van der Waals surface area (Å²) in [6.45, 7) is 1.71. The third kappa shape index (κ3) is 3.04. The van der Waals surface area contributed by atoms with Gasteiger partial charge in [0.2, 0.25) is 0 Å². The highest BCUT2D eigenvalue weighted by Crippen LogP contribution is 2.29. The summed E-state index contributed by atoms with van der Waals surface area (Å²) < 4.78 is 2.61. The Balaban J connectivity index is 1.77. The van der Waals surface area contributed by atoms with Gasteiger partial charge in [-0.25, -0.2) is 14.8 Å². The number of carboxylic acids is 1. The Morgan fingerprint density at radius 3 is 2.95 bits per heavy atom. The highest BCUT2D eigenvalue weighted by atomic mass is 35.5. The monoisotopic (exact) mass is 339 g/mol. The lowest BCUT2D eigenvalue weighted by molar-refractivity contribution is 0.0701. The van der Waals surface area contributed by atoms with Crippen LogP contribution < -0.4 is 0 Å². The van der Waals surface area contributed by atoms with E-state index in [4.69, 9.17) is 16.7 Å². The second-order valence-corrected chi connectivity index (χ2v) is 6.99. The Hall–Kier alpha value is -1.57. The number of thioether (sulfide) groups is 1. The Morgan fingerprint density at radius 2 is 2.24 bits per heavy atom. The smallest absolute Gasteiger partial charge is 0.347 e. The van der Waals surface area contributed by atoms with Crippen molar-refractivity contribution in [2.24, 2.45) is 0 Å². The van der Waals surface area contributed by atoms with Crippen molar-refractivity contribution < 1.29 is 9.90 Å². The van der Waals surface area contributed by atoms with Crippen molar-refractivity contribution in [2.75, 3.05) is 0 Å². The number of carboxylic acid groups (broad SMARTS) is 1. The van der Waals surface area contributed by atoms with Crippen LogP contribution in [-0.2, 0) is 5.75 Å². The van der Waals surface area contributed by atoms with Gasteiger partial charge in [0.1, 0.15) is 10.5 Å². The molecule has 1 N–H and O–H groups in total. The van der Waals surface area contributed by atoms with Gasteiger partial charge in [-0.05, 0) is 19.1 Å². The number of fused-ring (bicyclic) bond motifs is 1. The first-order valence-electron chi connectivity index (χ1n) is 5.99. The molecule has 0 saturated heterocycles. The van der Waals surface area contributed by atoms with Crippen LogP contribution in [0.5, 0.6) is 0 Å². The van der Waals surface area contributed by atoms with Gasteiger partial charge in [-0.3, -0.25) is 0 Å². The van der Waals surface area contributed by atoms with Crippen LogP contribution in [-0.4, -0.2) is 25.4 Å². The maximum atomic E-state index is 11.0. The molecule has 0 atom stereocenters. The molecule has 0 aliphatic rings. The molecule has 0 aromatic carbocycles. The number of hydrogen-bond donors (Lipinski definition) is 1. The summed E-state index contributed by atoms with van der Waals surface area (Å²) in [6, 6.07) is 3.65. The lowest BCUT2D eigenvalue weighted by atomic mass is 10.4. The Bertz CT molecular complexity index is 828. The highest BCUT2D eigenvalue weighted by molar-refractivity contribution is 8.00. The zero-order valence-electron chi connectivity index (χ0n) is 10.9. The highest BCUT2D eigenvalue weighted by Gasteiger charge is 2.14. The molecule has 108 valence electrons. The number of hydrogen-bond acceptors (Lipinski definition) is 5.